The smallest absolute Gasteiger partial charge is 0.342 e. The number of nitrogens with one attached hydrogen (secondary N) is 1. The largest absolute Gasteiger partial charge is 0.459 e. The summed E-state index contributed by atoms with van der Waals surface area (Å²) in [5.74, 6) is -0.444. The van der Waals surface area contributed by atoms with Gasteiger partial charge in [-0.2, -0.15) is 0 Å². The molecule has 2 aromatic heterocycles. The molecule has 1 aromatic carbocycles. The van der Waals surface area contributed by atoms with Crippen LogP contribution < -0.4 is 5.32 Å². The Morgan fingerprint density at radius 3 is 2.59 bits per heavy atom. The highest BCUT2D eigenvalue weighted by Gasteiger charge is 2.19. The zero-order chi connectivity index (χ0) is 18.8. The van der Waals surface area contributed by atoms with Crippen LogP contribution in [0.25, 0.3) is 11.0 Å². The maximum Gasteiger partial charge on any atom is 0.342 e. The Balaban J connectivity index is 0.00000261. The zero-order valence-corrected chi connectivity index (χ0v) is 17.1. The van der Waals surface area contributed by atoms with Crippen LogP contribution in [-0.2, 0) is 4.74 Å². The molecule has 2 heterocycles. The molecule has 0 saturated carbocycles. The first-order chi connectivity index (χ1) is 12.3. The molecular formula is C20H21Cl2N3O2. The minimum Gasteiger partial charge on any atom is -0.459 e. The molecule has 0 fully saturated rings. The molecule has 0 radical (unpaired) electrons. The van der Waals surface area contributed by atoms with Gasteiger partial charge in [0.05, 0.1) is 22.5 Å². The molecule has 0 bridgehead atoms. The highest BCUT2D eigenvalue weighted by molar-refractivity contribution is 6.33. The molecule has 0 saturated heterocycles. The molecule has 0 aliphatic rings. The number of ether oxygens (including phenoxy) is 1. The van der Waals surface area contributed by atoms with Crippen molar-refractivity contribution < 1.29 is 9.53 Å². The van der Waals surface area contributed by atoms with E-state index in [0.29, 0.717) is 27.6 Å². The van der Waals surface area contributed by atoms with Crippen LogP contribution in [0.5, 0.6) is 0 Å². The molecule has 0 unspecified atom stereocenters. The maximum absolute atomic E-state index is 12.6. The summed E-state index contributed by atoms with van der Waals surface area (Å²) in [5.41, 5.74) is 4.08. The molecule has 3 rings (SSSR count). The fraction of sp³-hybridized carbons (Fsp3) is 0.250. The molecule has 0 amide bonds. The Labute approximate surface area is 169 Å². The molecule has 0 aliphatic heterocycles. The summed E-state index contributed by atoms with van der Waals surface area (Å²) in [6.45, 7) is 7.48. The minimum absolute atomic E-state index is 0. The number of fused-ring (bicyclic) bond motifs is 1. The van der Waals surface area contributed by atoms with E-state index in [9.17, 15) is 4.79 Å². The Kier molecular flexibility index (Phi) is 6.63. The Morgan fingerprint density at radius 2 is 1.93 bits per heavy atom. The predicted octanol–water partition coefficient (Wildman–Crippen LogP) is 5.63. The van der Waals surface area contributed by atoms with Crippen LogP contribution in [0.4, 0.5) is 11.4 Å². The summed E-state index contributed by atoms with van der Waals surface area (Å²) in [6.07, 6.45) is 1.26. The number of nitrogens with zero attached hydrogens (tertiary/aromatic N) is 2. The Bertz CT molecular complexity index is 990. The standard InChI is InChI=1S/C20H20ClN3O2.ClH/c1-11(2)26-20(25)15-10-22-19-14(7-6-13(4)23-19)18(15)24-17-8-5-12(3)9-16(17)21;/h5-11H,1-4H3,(H,22,23,24);1H. The van der Waals surface area contributed by atoms with E-state index >= 15 is 0 Å². The molecule has 0 spiro atoms. The number of halogens is 2. The lowest BCUT2D eigenvalue weighted by Gasteiger charge is -2.16. The quantitative estimate of drug-likeness (QED) is 0.569. The van der Waals surface area contributed by atoms with Crippen molar-refractivity contribution in [3.63, 3.8) is 0 Å². The van der Waals surface area contributed by atoms with Crippen molar-refractivity contribution in [1.29, 1.82) is 0 Å². The number of hydrogen-bond donors (Lipinski definition) is 1. The van der Waals surface area contributed by atoms with Crippen molar-refractivity contribution in [2.24, 2.45) is 0 Å². The lowest BCUT2D eigenvalue weighted by Crippen LogP contribution is -2.14. The van der Waals surface area contributed by atoms with E-state index in [4.69, 9.17) is 16.3 Å². The minimum atomic E-state index is -0.444. The van der Waals surface area contributed by atoms with E-state index in [0.717, 1.165) is 16.6 Å². The average molecular weight is 406 g/mol. The second kappa shape index (κ2) is 8.55. The van der Waals surface area contributed by atoms with Crippen molar-refractivity contribution in [1.82, 2.24) is 9.97 Å². The van der Waals surface area contributed by atoms with Crippen molar-refractivity contribution in [3.05, 3.63) is 58.4 Å². The molecule has 27 heavy (non-hydrogen) atoms. The number of pyridine rings is 2. The van der Waals surface area contributed by atoms with Gasteiger partial charge in [-0.25, -0.2) is 14.8 Å². The zero-order valence-electron chi connectivity index (χ0n) is 15.5. The number of carbonyl (C=O) groups excluding carboxylic acids is 1. The molecule has 142 valence electrons. The predicted molar refractivity (Wildman–Crippen MR) is 112 cm³/mol. The van der Waals surface area contributed by atoms with Crippen LogP contribution in [0.1, 0.15) is 35.5 Å². The number of benzene rings is 1. The van der Waals surface area contributed by atoms with E-state index in [1.165, 1.54) is 6.20 Å². The topological polar surface area (TPSA) is 64.1 Å². The summed E-state index contributed by atoms with van der Waals surface area (Å²) in [7, 11) is 0. The molecule has 3 aromatic rings. The van der Waals surface area contributed by atoms with Gasteiger partial charge in [-0.05, 0) is 57.5 Å². The van der Waals surface area contributed by atoms with Gasteiger partial charge >= 0.3 is 5.97 Å². The van der Waals surface area contributed by atoms with Gasteiger partial charge in [-0.1, -0.05) is 17.7 Å². The first-order valence-electron chi connectivity index (χ1n) is 8.35. The van der Waals surface area contributed by atoms with Crippen LogP contribution >= 0.6 is 24.0 Å². The Hall–Kier alpha value is -2.37. The van der Waals surface area contributed by atoms with E-state index in [1.54, 1.807) is 13.8 Å². The van der Waals surface area contributed by atoms with Gasteiger partial charge in [0, 0.05) is 17.3 Å². The molecular weight excluding hydrogens is 385 g/mol. The number of rotatable bonds is 4. The molecule has 5 nitrogen and oxygen atoms in total. The number of aromatic nitrogens is 2. The van der Waals surface area contributed by atoms with Crippen LogP contribution in [0.15, 0.2) is 36.5 Å². The third-order valence-corrected chi connectivity index (χ3v) is 4.13. The number of aryl methyl sites for hydroxylation is 2. The van der Waals surface area contributed by atoms with Gasteiger partial charge in [-0.15, -0.1) is 12.4 Å². The second-order valence-electron chi connectivity index (χ2n) is 6.43. The lowest BCUT2D eigenvalue weighted by atomic mass is 10.1. The summed E-state index contributed by atoms with van der Waals surface area (Å²) in [6, 6.07) is 9.46. The first-order valence-corrected chi connectivity index (χ1v) is 8.73. The number of esters is 1. The molecule has 0 aliphatic carbocycles. The Morgan fingerprint density at radius 1 is 1.19 bits per heavy atom. The van der Waals surface area contributed by atoms with Gasteiger partial charge in [-0.3, -0.25) is 0 Å². The second-order valence-corrected chi connectivity index (χ2v) is 6.84. The monoisotopic (exact) mass is 405 g/mol. The van der Waals surface area contributed by atoms with E-state index in [2.05, 4.69) is 15.3 Å². The van der Waals surface area contributed by atoms with Crippen LogP contribution in [-0.4, -0.2) is 22.0 Å². The maximum atomic E-state index is 12.6. The van der Waals surface area contributed by atoms with Crippen LogP contribution in [0, 0.1) is 13.8 Å². The van der Waals surface area contributed by atoms with Gasteiger partial charge in [0.1, 0.15) is 5.56 Å². The third kappa shape index (κ3) is 4.67. The normalized spacial score (nSPS) is 10.6. The number of hydrogen-bond acceptors (Lipinski definition) is 5. The fourth-order valence-corrected chi connectivity index (χ4v) is 2.88. The van der Waals surface area contributed by atoms with Crippen LogP contribution in [0.2, 0.25) is 5.02 Å². The average Bonchev–Trinajstić information content (AvgIpc) is 2.56. The van der Waals surface area contributed by atoms with Gasteiger partial charge in [0.25, 0.3) is 0 Å². The number of carbonyl (C=O) groups is 1. The third-order valence-electron chi connectivity index (χ3n) is 3.82. The lowest BCUT2D eigenvalue weighted by molar-refractivity contribution is 0.0379. The van der Waals surface area contributed by atoms with Gasteiger partial charge < -0.3 is 10.1 Å². The SMILES string of the molecule is Cc1ccc(Nc2c(C(=O)OC(C)C)cnc3nc(C)ccc23)c(Cl)c1.Cl. The summed E-state index contributed by atoms with van der Waals surface area (Å²) in [5, 5.41) is 4.57. The van der Waals surface area contributed by atoms with Gasteiger partial charge in [0.15, 0.2) is 5.65 Å². The van der Waals surface area contributed by atoms with Crippen molar-refractivity contribution >= 4 is 52.4 Å². The summed E-state index contributed by atoms with van der Waals surface area (Å²) < 4.78 is 5.36. The highest BCUT2D eigenvalue weighted by Crippen LogP contribution is 2.32. The van der Waals surface area contributed by atoms with E-state index in [1.807, 2.05) is 44.2 Å². The number of anilines is 2. The molecule has 1 N–H and O–H groups in total. The van der Waals surface area contributed by atoms with E-state index < -0.39 is 5.97 Å². The van der Waals surface area contributed by atoms with Crippen molar-refractivity contribution in [2.75, 3.05) is 5.32 Å². The summed E-state index contributed by atoms with van der Waals surface area (Å²) in [4.78, 5) is 21.3. The van der Waals surface area contributed by atoms with Crippen LogP contribution in [0.3, 0.4) is 0 Å². The summed E-state index contributed by atoms with van der Waals surface area (Å²) >= 11 is 6.36. The molecule has 7 heteroatoms. The van der Waals surface area contributed by atoms with Crippen molar-refractivity contribution in [2.45, 2.75) is 33.8 Å². The van der Waals surface area contributed by atoms with Gasteiger partial charge in [0.2, 0.25) is 0 Å². The van der Waals surface area contributed by atoms with E-state index in [-0.39, 0.29) is 18.5 Å². The highest BCUT2D eigenvalue weighted by atomic mass is 35.5. The van der Waals surface area contributed by atoms with Crippen molar-refractivity contribution in [3.8, 4) is 0 Å². The molecule has 0 atom stereocenters. The fourth-order valence-electron chi connectivity index (χ4n) is 2.60. The first kappa shape index (κ1) is 20.9.